The Labute approximate surface area is 119 Å². The van der Waals surface area contributed by atoms with Crippen LogP contribution < -0.4 is 5.32 Å². The van der Waals surface area contributed by atoms with Crippen molar-refractivity contribution in [2.45, 2.75) is 71.3 Å². The van der Waals surface area contributed by atoms with Crippen LogP contribution in [0.15, 0.2) is 0 Å². The van der Waals surface area contributed by atoms with Crippen LogP contribution in [0.25, 0.3) is 0 Å². The lowest BCUT2D eigenvalue weighted by Crippen LogP contribution is -2.34. The first-order valence-corrected chi connectivity index (χ1v) is 9.35. The van der Waals surface area contributed by atoms with E-state index in [1.807, 2.05) is 11.8 Å². The molecule has 1 N–H and O–H groups in total. The molecule has 0 aromatic heterocycles. The Morgan fingerprint density at radius 2 is 1.67 bits per heavy atom. The molecule has 18 heavy (non-hydrogen) atoms. The second-order valence-corrected chi connectivity index (χ2v) is 7.20. The predicted molar refractivity (Wildman–Crippen MR) is 85.4 cm³/mol. The lowest BCUT2D eigenvalue weighted by atomic mass is 9.80. The van der Waals surface area contributed by atoms with Gasteiger partial charge in [0.25, 0.3) is 0 Å². The van der Waals surface area contributed by atoms with Crippen LogP contribution in [0.4, 0.5) is 0 Å². The molecule has 1 saturated carbocycles. The number of hydrogen-bond donors (Lipinski definition) is 1. The smallest absolute Gasteiger partial charge is 0.00672 e. The van der Waals surface area contributed by atoms with Gasteiger partial charge in [0.05, 0.1) is 0 Å². The topological polar surface area (TPSA) is 12.0 Å². The van der Waals surface area contributed by atoms with Gasteiger partial charge in [-0.05, 0) is 68.9 Å². The molecule has 1 aliphatic rings. The molecule has 0 spiro atoms. The zero-order valence-corrected chi connectivity index (χ0v) is 13.5. The quantitative estimate of drug-likeness (QED) is 0.609. The summed E-state index contributed by atoms with van der Waals surface area (Å²) in [7, 11) is 0. The highest BCUT2D eigenvalue weighted by Gasteiger charge is 2.22. The summed E-state index contributed by atoms with van der Waals surface area (Å²) in [6.07, 6.45) is 13.5. The zero-order chi connectivity index (χ0) is 13.2. The minimum atomic E-state index is 0.825. The summed E-state index contributed by atoms with van der Waals surface area (Å²) in [5, 5.41) is 3.77. The minimum Gasteiger partial charge on any atom is -0.314 e. The molecule has 1 fully saturated rings. The molecule has 1 nitrogen and oxygen atoms in total. The van der Waals surface area contributed by atoms with E-state index in [0.29, 0.717) is 0 Å². The summed E-state index contributed by atoms with van der Waals surface area (Å²) in [4.78, 5) is 0. The third kappa shape index (κ3) is 7.04. The Bertz CT molecular complexity index is 186. The van der Waals surface area contributed by atoms with E-state index < -0.39 is 0 Å². The maximum absolute atomic E-state index is 3.77. The van der Waals surface area contributed by atoms with Crippen LogP contribution in [0.3, 0.4) is 0 Å². The average Bonchev–Trinajstić information content (AvgIpc) is 2.38. The molecule has 2 heteroatoms. The van der Waals surface area contributed by atoms with Crippen LogP contribution in [-0.4, -0.2) is 24.6 Å². The molecular weight excluding hydrogens is 238 g/mol. The van der Waals surface area contributed by atoms with Gasteiger partial charge < -0.3 is 5.32 Å². The second-order valence-electron chi connectivity index (χ2n) is 6.22. The lowest BCUT2D eigenvalue weighted by molar-refractivity contribution is 0.238. The van der Waals surface area contributed by atoms with Crippen molar-refractivity contribution in [3.63, 3.8) is 0 Å². The van der Waals surface area contributed by atoms with Crippen molar-refractivity contribution in [1.82, 2.24) is 5.32 Å². The largest absolute Gasteiger partial charge is 0.314 e. The van der Waals surface area contributed by atoms with Gasteiger partial charge in [0.1, 0.15) is 0 Å². The zero-order valence-electron chi connectivity index (χ0n) is 12.7. The Hall–Kier alpha value is 0.310. The van der Waals surface area contributed by atoms with Crippen molar-refractivity contribution >= 4 is 11.8 Å². The first kappa shape index (κ1) is 16.4. The van der Waals surface area contributed by atoms with Gasteiger partial charge in [0.2, 0.25) is 0 Å². The summed E-state index contributed by atoms with van der Waals surface area (Å²) in [6, 6.07) is 0.825. The van der Waals surface area contributed by atoms with Gasteiger partial charge in [-0.15, -0.1) is 0 Å². The van der Waals surface area contributed by atoms with Crippen molar-refractivity contribution in [2.24, 2.45) is 11.8 Å². The highest BCUT2D eigenvalue weighted by Crippen LogP contribution is 2.29. The van der Waals surface area contributed by atoms with E-state index in [4.69, 9.17) is 0 Å². The average molecular weight is 272 g/mol. The fraction of sp³-hybridized carbons (Fsp3) is 1.00. The van der Waals surface area contributed by atoms with Gasteiger partial charge in [-0.25, -0.2) is 0 Å². The number of nitrogens with one attached hydrogen (secondary N) is 1. The standard InChI is InChI=1S/C16H33NS/c1-14(2)15-8-10-16(11-9-15)17-12-6-4-5-7-13-18-3/h14-17H,4-13H2,1-3H3. The van der Waals surface area contributed by atoms with Crippen molar-refractivity contribution < 1.29 is 0 Å². The van der Waals surface area contributed by atoms with Crippen molar-refractivity contribution in [1.29, 1.82) is 0 Å². The fourth-order valence-electron chi connectivity index (χ4n) is 3.02. The van der Waals surface area contributed by atoms with Crippen molar-refractivity contribution in [2.75, 3.05) is 18.6 Å². The van der Waals surface area contributed by atoms with Crippen molar-refractivity contribution in [3.8, 4) is 0 Å². The van der Waals surface area contributed by atoms with Gasteiger partial charge in [-0.1, -0.05) is 26.7 Å². The molecule has 0 heterocycles. The number of unbranched alkanes of at least 4 members (excludes halogenated alkanes) is 3. The molecule has 0 aromatic rings. The van der Waals surface area contributed by atoms with Gasteiger partial charge in [-0.2, -0.15) is 11.8 Å². The van der Waals surface area contributed by atoms with Crippen LogP contribution >= 0.6 is 11.8 Å². The van der Waals surface area contributed by atoms with E-state index in [-0.39, 0.29) is 0 Å². The number of hydrogen-bond acceptors (Lipinski definition) is 2. The van der Waals surface area contributed by atoms with Crippen LogP contribution in [0, 0.1) is 11.8 Å². The van der Waals surface area contributed by atoms with Gasteiger partial charge in [0.15, 0.2) is 0 Å². The third-order valence-electron chi connectivity index (χ3n) is 4.42. The molecule has 0 atom stereocenters. The Kier molecular flexibility index (Phi) is 9.22. The molecule has 0 amide bonds. The summed E-state index contributed by atoms with van der Waals surface area (Å²) >= 11 is 1.97. The molecule has 1 rings (SSSR count). The molecule has 0 unspecified atom stereocenters. The van der Waals surface area contributed by atoms with Crippen LogP contribution in [0.2, 0.25) is 0 Å². The molecule has 0 saturated heterocycles. The Morgan fingerprint density at radius 3 is 2.28 bits per heavy atom. The number of thioether (sulfide) groups is 1. The van der Waals surface area contributed by atoms with E-state index in [9.17, 15) is 0 Å². The van der Waals surface area contributed by atoms with Gasteiger partial charge in [0, 0.05) is 6.04 Å². The van der Waals surface area contributed by atoms with E-state index in [1.54, 1.807) is 0 Å². The molecular formula is C16H33NS. The van der Waals surface area contributed by atoms with Crippen molar-refractivity contribution in [3.05, 3.63) is 0 Å². The molecule has 0 bridgehead atoms. The summed E-state index contributed by atoms with van der Waals surface area (Å²) < 4.78 is 0. The third-order valence-corrected chi connectivity index (χ3v) is 5.12. The first-order chi connectivity index (χ1) is 8.74. The van der Waals surface area contributed by atoms with Crippen LogP contribution in [-0.2, 0) is 0 Å². The van der Waals surface area contributed by atoms with Gasteiger partial charge >= 0.3 is 0 Å². The maximum Gasteiger partial charge on any atom is 0.00672 e. The van der Waals surface area contributed by atoms with E-state index >= 15 is 0 Å². The fourth-order valence-corrected chi connectivity index (χ4v) is 3.51. The highest BCUT2D eigenvalue weighted by molar-refractivity contribution is 7.98. The maximum atomic E-state index is 3.77. The summed E-state index contributed by atoms with van der Waals surface area (Å²) in [5.41, 5.74) is 0. The monoisotopic (exact) mass is 271 g/mol. The minimum absolute atomic E-state index is 0.825. The normalized spacial score (nSPS) is 24.7. The molecule has 0 aromatic carbocycles. The lowest BCUT2D eigenvalue weighted by Gasteiger charge is -2.31. The van der Waals surface area contributed by atoms with Gasteiger partial charge in [-0.3, -0.25) is 0 Å². The van der Waals surface area contributed by atoms with E-state index in [1.165, 1.54) is 63.7 Å². The van der Waals surface area contributed by atoms with E-state index in [2.05, 4.69) is 25.4 Å². The number of rotatable bonds is 9. The molecule has 108 valence electrons. The Balaban J connectivity index is 1.91. The molecule has 0 aliphatic heterocycles. The van der Waals surface area contributed by atoms with Crippen LogP contribution in [0.5, 0.6) is 0 Å². The van der Waals surface area contributed by atoms with Crippen LogP contribution in [0.1, 0.15) is 65.2 Å². The second kappa shape index (κ2) is 10.1. The summed E-state index contributed by atoms with van der Waals surface area (Å²) in [6.45, 7) is 6.01. The molecule has 1 aliphatic carbocycles. The Morgan fingerprint density at radius 1 is 1.00 bits per heavy atom. The predicted octanol–water partition coefficient (Wildman–Crippen LogP) is 4.71. The SMILES string of the molecule is CSCCCCCCNC1CCC(C(C)C)CC1. The molecule has 0 radical (unpaired) electrons. The summed E-state index contributed by atoms with van der Waals surface area (Å²) in [5.74, 6) is 3.23. The van der Waals surface area contributed by atoms with E-state index in [0.717, 1.165) is 17.9 Å². The first-order valence-electron chi connectivity index (χ1n) is 7.96. The highest BCUT2D eigenvalue weighted by atomic mass is 32.2.